The van der Waals surface area contributed by atoms with Gasteiger partial charge in [0.25, 0.3) is 5.91 Å². The highest BCUT2D eigenvalue weighted by Gasteiger charge is 2.09. The Hall–Kier alpha value is -2.58. The van der Waals surface area contributed by atoms with Gasteiger partial charge < -0.3 is 5.32 Å². The van der Waals surface area contributed by atoms with Gasteiger partial charge in [0.15, 0.2) is 5.82 Å². The van der Waals surface area contributed by atoms with Gasteiger partial charge in [-0.1, -0.05) is 0 Å². The highest BCUT2D eigenvalue weighted by atomic mass is 79.9. The number of amides is 1. The number of nitrogens with zero attached hydrogens (tertiary/aromatic N) is 4. The average Bonchev–Trinajstić information content (AvgIpc) is 3.23. The van der Waals surface area contributed by atoms with E-state index in [0.717, 1.165) is 14.7 Å². The van der Waals surface area contributed by atoms with Crippen molar-refractivity contribution in [2.75, 3.05) is 5.32 Å². The summed E-state index contributed by atoms with van der Waals surface area (Å²) in [6.07, 6.45) is 5.10. The molecule has 0 bridgehead atoms. The van der Waals surface area contributed by atoms with Crippen LogP contribution in [0.25, 0.3) is 16.0 Å². The first-order valence-electron chi connectivity index (χ1n) is 7.00. The van der Waals surface area contributed by atoms with Gasteiger partial charge in [-0.2, -0.15) is 5.10 Å². The first-order chi connectivity index (χ1) is 11.7. The lowest BCUT2D eigenvalue weighted by Crippen LogP contribution is -2.12. The van der Waals surface area contributed by atoms with E-state index in [1.165, 1.54) is 11.3 Å². The Bertz CT molecular complexity index is 1020. The fourth-order valence-electron chi connectivity index (χ4n) is 2.22. The molecule has 6 nitrogen and oxygen atoms in total. The van der Waals surface area contributed by atoms with Crippen LogP contribution >= 0.6 is 27.3 Å². The number of carbonyl (C=O) groups excluding carboxylic acids is 1. The van der Waals surface area contributed by atoms with Gasteiger partial charge >= 0.3 is 0 Å². The molecule has 4 aromatic rings. The van der Waals surface area contributed by atoms with Crippen molar-refractivity contribution >= 4 is 49.1 Å². The first-order valence-corrected chi connectivity index (χ1v) is 8.67. The Morgan fingerprint density at radius 1 is 1.17 bits per heavy atom. The molecule has 0 saturated carbocycles. The summed E-state index contributed by atoms with van der Waals surface area (Å²) in [7, 11) is 0. The van der Waals surface area contributed by atoms with Crippen LogP contribution in [0.3, 0.4) is 0 Å². The fraction of sp³-hybridized carbons (Fsp3) is 0. The van der Waals surface area contributed by atoms with E-state index >= 15 is 0 Å². The molecule has 24 heavy (non-hydrogen) atoms. The van der Waals surface area contributed by atoms with E-state index in [-0.39, 0.29) is 5.91 Å². The lowest BCUT2D eigenvalue weighted by atomic mass is 10.2. The van der Waals surface area contributed by atoms with Crippen molar-refractivity contribution in [2.24, 2.45) is 0 Å². The van der Waals surface area contributed by atoms with Crippen LogP contribution < -0.4 is 5.32 Å². The summed E-state index contributed by atoms with van der Waals surface area (Å²) < 4.78 is 3.51. The van der Waals surface area contributed by atoms with Gasteiger partial charge in [-0.25, -0.2) is 14.6 Å². The summed E-state index contributed by atoms with van der Waals surface area (Å²) in [6.45, 7) is 0. The normalized spacial score (nSPS) is 10.9. The van der Waals surface area contributed by atoms with Crippen LogP contribution in [0.5, 0.6) is 0 Å². The van der Waals surface area contributed by atoms with Crippen LogP contribution in [0.4, 0.5) is 5.69 Å². The van der Waals surface area contributed by atoms with Crippen LogP contribution in [0, 0.1) is 0 Å². The van der Waals surface area contributed by atoms with Gasteiger partial charge in [-0.05, 0) is 46.3 Å². The van der Waals surface area contributed by atoms with Gasteiger partial charge in [0.05, 0.1) is 38.3 Å². The Morgan fingerprint density at radius 2 is 2.08 bits per heavy atom. The molecule has 8 heteroatoms. The maximum atomic E-state index is 12.4. The summed E-state index contributed by atoms with van der Waals surface area (Å²) in [4.78, 5) is 20.9. The van der Waals surface area contributed by atoms with E-state index in [2.05, 4.69) is 36.3 Å². The Labute approximate surface area is 149 Å². The second kappa shape index (κ2) is 6.14. The first kappa shape index (κ1) is 15.0. The van der Waals surface area contributed by atoms with Crippen LogP contribution in [0.2, 0.25) is 0 Å². The van der Waals surface area contributed by atoms with Crippen LogP contribution in [0.15, 0.2) is 58.9 Å². The average molecular weight is 400 g/mol. The Morgan fingerprint density at radius 3 is 2.83 bits per heavy atom. The highest BCUT2D eigenvalue weighted by molar-refractivity contribution is 9.10. The zero-order valence-corrected chi connectivity index (χ0v) is 14.6. The number of halogens is 1. The van der Waals surface area contributed by atoms with Crippen molar-refractivity contribution in [3.63, 3.8) is 0 Å². The molecule has 3 heterocycles. The second-order valence-corrected chi connectivity index (χ2v) is 6.80. The minimum Gasteiger partial charge on any atom is -0.321 e. The van der Waals surface area contributed by atoms with Crippen molar-refractivity contribution in [3.8, 4) is 5.82 Å². The summed E-state index contributed by atoms with van der Waals surface area (Å²) in [6, 6.07) is 9.03. The van der Waals surface area contributed by atoms with Crippen molar-refractivity contribution < 1.29 is 4.79 Å². The largest absolute Gasteiger partial charge is 0.321 e. The molecular formula is C16H10BrN5OS. The van der Waals surface area contributed by atoms with E-state index < -0.39 is 0 Å². The number of hydrogen-bond donors (Lipinski definition) is 1. The topological polar surface area (TPSA) is 72.7 Å². The molecule has 3 aromatic heterocycles. The van der Waals surface area contributed by atoms with E-state index in [9.17, 15) is 4.79 Å². The predicted octanol–water partition coefficient (Wildman–Crippen LogP) is 3.89. The lowest BCUT2D eigenvalue weighted by Gasteiger charge is -2.06. The number of fused-ring (bicyclic) bond motifs is 1. The molecule has 1 aromatic carbocycles. The standard InChI is InChI=1S/C16H10BrN5OS/c17-11-6-20-22(8-11)15-4-2-12(7-18-15)21-16(23)10-1-3-13-14(5-10)24-9-19-13/h1-9H,(H,21,23). The molecule has 0 aliphatic heterocycles. The molecule has 118 valence electrons. The predicted molar refractivity (Wildman–Crippen MR) is 96.6 cm³/mol. The third-order valence-corrected chi connectivity index (χ3v) is 4.59. The second-order valence-electron chi connectivity index (χ2n) is 5.00. The lowest BCUT2D eigenvalue weighted by molar-refractivity contribution is 0.102. The SMILES string of the molecule is O=C(Nc1ccc(-n2cc(Br)cn2)nc1)c1ccc2ncsc2c1. The number of thiazole rings is 1. The van der Waals surface area contributed by atoms with E-state index in [4.69, 9.17) is 0 Å². The molecule has 0 aliphatic rings. The molecule has 0 spiro atoms. The minimum atomic E-state index is -0.179. The highest BCUT2D eigenvalue weighted by Crippen LogP contribution is 2.20. The van der Waals surface area contributed by atoms with Crippen molar-refractivity contribution in [1.29, 1.82) is 0 Å². The van der Waals surface area contributed by atoms with Gasteiger partial charge in [-0.15, -0.1) is 11.3 Å². The summed E-state index contributed by atoms with van der Waals surface area (Å²) in [5.41, 5.74) is 3.88. The fourth-order valence-corrected chi connectivity index (χ4v) is 3.22. The summed E-state index contributed by atoms with van der Waals surface area (Å²) in [5.74, 6) is 0.492. The number of anilines is 1. The number of nitrogens with one attached hydrogen (secondary N) is 1. The van der Waals surface area contributed by atoms with E-state index in [0.29, 0.717) is 17.1 Å². The molecule has 0 atom stereocenters. The smallest absolute Gasteiger partial charge is 0.255 e. The third-order valence-electron chi connectivity index (χ3n) is 3.39. The molecule has 4 rings (SSSR count). The monoisotopic (exact) mass is 399 g/mol. The van der Waals surface area contributed by atoms with E-state index in [1.807, 2.05) is 18.3 Å². The number of benzene rings is 1. The van der Waals surface area contributed by atoms with Crippen molar-refractivity contribution in [1.82, 2.24) is 19.7 Å². The van der Waals surface area contributed by atoms with Gasteiger partial charge in [-0.3, -0.25) is 4.79 Å². The van der Waals surface area contributed by atoms with E-state index in [1.54, 1.807) is 40.8 Å². The Kier molecular flexibility index (Phi) is 3.83. The Balaban J connectivity index is 1.53. The maximum Gasteiger partial charge on any atom is 0.255 e. The van der Waals surface area contributed by atoms with Crippen LogP contribution in [0.1, 0.15) is 10.4 Å². The van der Waals surface area contributed by atoms with Gasteiger partial charge in [0.1, 0.15) is 0 Å². The number of pyridine rings is 1. The quantitative estimate of drug-likeness (QED) is 0.566. The zero-order valence-electron chi connectivity index (χ0n) is 12.2. The molecule has 0 radical (unpaired) electrons. The molecule has 1 N–H and O–H groups in total. The number of aromatic nitrogens is 4. The van der Waals surface area contributed by atoms with Crippen molar-refractivity contribution in [3.05, 3.63) is 64.5 Å². The molecular weight excluding hydrogens is 390 g/mol. The number of hydrogen-bond acceptors (Lipinski definition) is 5. The van der Waals surface area contributed by atoms with Gasteiger partial charge in [0, 0.05) is 11.8 Å². The maximum absolute atomic E-state index is 12.4. The van der Waals surface area contributed by atoms with Crippen LogP contribution in [-0.4, -0.2) is 25.7 Å². The molecule has 0 unspecified atom stereocenters. The van der Waals surface area contributed by atoms with Crippen LogP contribution in [-0.2, 0) is 0 Å². The molecule has 0 aliphatic carbocycles. The molecule has 0 saturated heterocycles. The summed E-state index contributed by atoms with van der Waals surface area (Å²) in [5, 5.41) is 7.01. The minimum absolute atomic E-state index is 0.179. The summed E-state index contributed by atoms with van der Waals surface area (Å²) >= 11 is 4.85. The number of rotatable bonds is 3. The molecule has 1 amide bonds. The molecule has 0 fully saturated rings. The number of carbonyl (C=O) groups is 1. The zero-order chi connectivity index (χ0) is 16.5. The van der Waals surface area contributed by atoms with Crippen molar-refractivity contribution in [2.45, 2.75) is 0 Å². The third kappa shape index (κ3) is 2.93. The van der Waals surface area contributed by atoms with Gasteiger partial charge in [0.2, 0.25) is 0 Å².